The van der Waals surface area contributed by atoms with Crippen LogP contribution in [0.2, 0.25) is 0 Å². The lowest BCUT2D eigenvalue weighted by atomic mass is 10.2. The Morgan fingerprint density at radius 3 is 2.60 bits per heavy atom. The van der Waals surface area contributed by atoms with Crippen molar-refractivity contribution in [3.05, 3.63) is 77.2 Å². The number of H-pyrrole nitrogens is 1. The molecular formula is C26H21BrN6O2. The first-order chi connectivity index (χ1) is 17.1. The van der Waals surface area contributed by atoms with Crippen LogP contribution in [-0.2, 0) is 6.42 Å². The van der Waals surface area contributed by atoms with E-state index in [0.29, 0.717) is 23.0 Å². The molecule has 9 heteroatoms. The maximum Gasteiger partial charge on any atom is 0.327 e. The number of aryl methyl sites for hydroxylation is 2. The molecule has 1 N–H and O–H groups in total. The molecule has 0 bridgehead atoms. The molecular weight excluding hydrogens is 508 g/mol. The summed E-state index contributed by atoms with van der Waals surface area (Å²) in [6.07, 6.45) is 7.34. The quantitative estimate of drug-likeness (QED) is 0.228. The number of nitrogens with zero attached hydrogens (tertiary/aromatic N) is 5. The SMILES string of the molecule is C=CC=Nc1cc(Oc2nc(Oc3ccc4nccnc4c3)c3c(Br)c(CC)[nH]c3n2)ccc1C. The van der Waals surface area contributed by atoms with Crippen LogP contribution in [0.15, 0.2) is 70.9 Å². The fraction of sp³-hybridized carbons (Fsp3) is 0.115. The smallest absolute Gasteiger partial charge is 0.327 e. The van der Waals surface area contributed by atoms with Gasteiger partial charge < -0.3 is 14.5 Å². The number of aromatic nitrogens is 5. The zero-order valence-corrected chi connectivity index (χ0v) is 20.7. The van der Waals surface area contributed by atoms with E-state index in [2.05, 4.69) is 59.3 Å². The van der Waals surface area contributed by atoms with Gasteiger partial charge in [0.15, 0.2) is 0 Å². The van der Waals surface area contributed by atoms with E-state index in [9.17, 15) is 0 Å². The minimum atomic E-state index is 0.145. The van der Waals surface area contributed by atoms with E-state index in [4.69, 9.17) is 9.47 Å². The number of benzene rings is 2. The highest BCUT2D eigenvalue weighted by Crippen LogP contribution is 2.38. The molecule has 5 aromatic rings. The number of aliphatic imine (C=N–C) groups is 1. The van der Waals surface area contributed by atoms with Crippen molar-refractivity contribution >= 4 is 49.9 Å². The van der Waals surface area contributed by atoms with Crippen LogP contribution >= 0.6 is 15.9 Å². The standard InChI is InChI=1S/C26H21BrN6O2/c1-4-10-28-20-13-17(7-6-15(20)3)35-26-32-24-22(23(27)18(5-2)31-24)25(33-26)34-16-8-9-19-21(14-16)30-12-11-29-19/h4,6-14H,1,5H2,2-3H3,(H,31,32,33). The predicted molar refractivity (Wildman–Crippen MR) is 140 cm³/mol. The molecule has 3 aromatic heterocycles. The summed E-state index contributed by atoms with van der Waals surface area (Å²) in [6, 6.07) is 11.3. The summed E-state index contributed by atoms with van der Waals surface area (Å²) >= 11 is 3.67. The average molecular weight is 529 g/mol. The van der Waals surface area contributed by atoms with Gasteiger partial charge in [-0.1, -0.05) is 25.6 Å². The van der Waals surface area contributed by atoms with Crippen molar-refractivity contribution in [2.45, 2.75) is 20.3 Å². The maximum atomic E-state index is 6.23. The van der Waals surface area contributed by atoms with Crippen LogP contribution in [0, 0.1) is 6.92 Å². The van der Waals surface area contributed by atoms with Crippen LogP contribution in [0.5, 0.6) is 23.4 Å². The number of aromatic amines is 1. The molecule has 8 nitrogen and oxygen atoms in total. The van der Waals surface area contributed by atoms with Gasteiger partial charge in [0.25, 0.3) is 0 Å². The Balaban J connectivity index is 1.57. The van der Waals surface area contributed by atoms with E-state index in [1.54, 1.807) is 24.7 Å². The summed E-state index contributed by atoms with van der Waals surface area (Å²) in [5, 5.41) is 0.730. The number of halogens is 1. The third-order valence-corrected chi connectivity index (χ3v) is 6.20. The van der Waals surface area contributed by atoms with Crippen molar-refractivity contribution in [1.29, 1.82) is 0 Å². The molecule has 0 fully saturated rings. The number of hydrogen-bond donors (Lipinski definition) is 1. The molecule has 0 radical (unpaired) electrons. The second-order valence-electron chi connectivity index (χ2n) is 7.68. The van der Waals surface area contributed by atoms with Gasteiger partial charge in [-0.2, -0.15) is 9.97 Å². The molecule has 174 valence electrons. The molecule has 35 heavy (non-hydrogen) atoms. The predicted octanol–water partition coefficient (Wildman–Crippen LogP) is 7.01. The summed E-state index contributed by atoms with van der Waals surface area (Å²) in [5.74, 6) is 1.49. The monoisotopic (exact) mass is 528 g/mol. The summed E-state index contributed by atoms with van der Waals surface area (Å²) in [5.41, 5.74) is 4.87. The van der Waals surface area contributed by atoms with Gasteiger partial charge in [-0.05, 0) is 53.0 Å². The van der Waals surface area contributed by atoms with Crippen LogP contribution in [0.25, 0.3) is 22.1 Å². The summed E-state index contributed by atoms with van der Waals surface area (Å²) in [7, 11) is 0. The third kappa shape index (κ3) is 4.63. The van der Waals surface area contributed by atoms with Gasteiger partial charge >= 0.3 is 6.01 Å². The van der Waals surface area contributed by atoms with E-state index < -0.39 is 0 Å². The zero-order chi connectivity index (χ0) is 24.4. The van der Waals surface area contributed by atoms with Gasteiger partial charge in [-0.25, -0.2) is 0 Å². The number of fused-ring (bicyclic) bond motifs is 2. The maximum absolute atomic E-state index is 6.23. The van der Waals surface area contributed by atoms with Gasteiger partial charge in [0.05, 0.1) is 26.6 Å². The molecule has 5 rings (SSSR count). The first-order valence-electron chi connectivity index (χ1n) is 11.0. The fourth-order valence-electron chi connectivity index (χ4n) is 3.57. The first kappa shape index (κ1) is 22.7. The Labute approximate surface area is 209 Å². The lowest BCUT2D eigenvalue weighted by molar-refractivity contribution is 0.417. The molecule has 0 saturated heterocycles. The third-order valence-electron chi connectivity index (χ3n) is 5.33. The average Bonchev–Trinajstić information content (AvgIpc) is 3.19. The van der Waals surface area contributed by atoms with Gasteiger partial charge in [0.1, 0.15) is 17.1 Å². The van der Waals surface area contributed by atoms with Gasteiger partial charge in [0.2, 0.25) is 5.88 Å². The summed E-state index contributed by atoms with van der Waals surface area (Å²) in [6.45, 7) is 7.71. The normalized spacial score (nSPS) is 11.4. The molecule has 2 aromatic carbocycles. The largest absolute Gasteiger partial charge is 0.438 e. The van der Waals surface area contributed by atoms with Crippen LogP contribution in [0.1, 0.15) is 18.2 Å². The van der Waals surface area contributed by atoms with Gasteiger partial charge in [0, 0.05) is 36.4 Å². The first-order valence-corrected chi connectivity index (χ1v) is 11.7. The molecule has 0 aliphatic heterocycles. The summed E-state index contributed by atoms with van der Waals surface area (Å²) < 4.78 is 13.1. The van der Waals surface area contributed by atoms with Gasteiger partial charge in [-0.3, -0.25) is 15.0 Å². The van der Waals surface area contributed by atoms with Gasteiger partial charge in [-0.15, -0.1) is 0 Å². The highest BCUT2D eigenvalue weighted by atomic mass is 79.9. The lowest BCUT2D eigenvalue weighted by Crippen LogP contribution is -1.97. The second kappa shape index (κ2) is 9.63. The van der Waals surface area contributed by atoms with E-state index in [1.807, 2.05) is 43.3 Å². The number of nitrogens with one attached hydrogen (secondary N) is 1. The van der Waals surface area contributed by atoms with E-state index in [1.165, 1.54) is 0 Å². The Morgan fingerprint density at radius 2 is 1.80 bits per heavy atom. The van der Waals surface area contributed by atoms with Crippen molar-refractivity contribution in [1.82, 2.24) is 24.9 Å². The zero-order valence-electron chi connectivity index (χ0n) is 19.1. The van der Waals surface area contributed by atoms with E-state index >= 15 is 0 Å². The Hall–Kier alpha value is -4.11. The van der Waals surface area contributed by atoms with E-state index in [0.717, 1.165) is 44.3 Å². The molecule has 0 unspecified atom stereocenters. The second-order valence-corrected chi connectivity index (χ2v) is 8.47. The minimum absolute atomic E-state index is 0.145. The number of allylic oxidation sites excluding steroid dienone is 1. The molecule has 0 atom stereocenters. The van der Waals surface area contributed by atoms with Crippen LogP contribution < -0.4 is 9.47 Å². The number of rotatable bonds is 7. The number of hydrogen-bond acceptors (Lipinski definition) is 7. The van der Waals surface area contributed by atoms with Crippen molar-refractivity contribution < 1.29 is 9.47 Å². The molecule has 0 aliphatic carbocycles. The summed E-state index contributed by atoms with van der Waals surface area (Å²) in [4.78, 5) is 25.6. The molecule has 0 amide bonds. The molecule has 0 saturated carbocycles. The van der Waals surface area contributed by atoms with E-state index in [-0.39, 0.29) is 6.01 Å². The molecule has 0 spiro atoms. The molecule has 0 aliphatic rings. The van der Waals surface area contributed by atoms with Crippen LogP contribution in [-0.4, -0.2) is 31.1 Å². The highest BCUT2D eigenvalue weighted by Gasteiger charge is 2.19. The Morgan fingerprint density at radius 1 is 1.03 bits per heavy atom. The Bertz CT molecular complexity index is 1590. The van der Waals surface area contributed by atoms with Crippen LogP contribution in [0.4, 0.5) is 5.69 Å². The molecule has 3 heterocycles. The fourth-order valence-corrected chi connectivity index (χ4v) is 4.31. The minimum Gasteiger partial charge on any atom is -0.438 e. The topological polar surface area (TPSA) is 98.2 Å². The van der Waals surface area contributed by atoms with Crippen molar-refractivity contribution in [3.8, 4) is 23.4 Å². The van der Waals surface area contributed by atoms with Crippen molar-refractivity contribution in [2.24, 2.45) is 4.99 Å². The highest BCUT2D eigenvalue weighted by molar-refractivity contribution is 9.10. The lowest BCUT2D eigenvalue weighted by Gasteiger charge is -2.10. The Kier molecular flexibility index (Phi) is 6.24. The van der Waals surface area contributed by atoms with Crippen molar-refractivity contribution in [2.75, 3.05) is 0 Å². The van der Waals surface area contributed by atoms with Crippen molar-refractivity contribution in [3.63, 3.8) is 0 Å². The number of ether oxygens (including phenoxy) is 2. The van der Waals surface area contributed by atoms with Crippen LogP contribution in [0.3, 0.4) is 0 Å².